The molecule has 0 spiro atoms. The third-order valence-electron chi connectivity index (χ3n) is 3.27. The van der Waals surface area contributed by atoms with Gasteiger partial charge in [-0.1, -0.05) is 30.3 Å². The van der Waals surface area contributed by atoms with Crippen LogP contribution in [0, 0.1) is 0 Å². The van der Waals surface area contributed by atoms with Crippen LogP contribution in [0.2, 0.25) is 0 Å². The normalized spacial score (nSPS) is 20.9. The summed E-state index contributed by atoms with van der Waals surface area (Å²) in [7, 11) is 0. The van der Waals surface area contributed by atoms with E-state index in [0.29, 0.717) is 13.1 Å². The molecule has 0 amide bonds. The highest BCUT2D eigenvalue weighted by molar-refractivity contribution is 5.20. The van der Waals surface area contributed by atoms with E-state index in [4.69, 9.17) is 0 Å². The van der Waals surface area contributed by atoms with Gasteiger partial charge in [0.25, 0.3) is 5.92 Å². The Labute approximate surface area is 107 Å². The van der Waals surface area contributed by atoms with Crippen LogP contribution in [-0.4, -0.2) is 36.6 Å². The molecule has 1 heterocycles. The maximum Gasteiger partial charge on any atom is 0.285 e. The maximum atomic E-state index is 14.1. The van der Waals surface area contributed by atoms with Crippen molar-refractivity contribution in [1.29, 1.82) is 0 Å². The van der Waals surface area contributed by atoms with E-state index in [1.54, 1.807) is 18.2 Å². The van der Waals surface area contributed by atoms with Gasteiger partial charge in [0.1, 0.15) is 0 Å². The molecule has 4 heteroatoms. The van der Waals surface area contributed by atoms with E-state index >= 15 is 0 Å². The van der Waals surface area contributed by atoms with E-state index in [1.807, 2.05) is 18.7 Å². The Morgan fingerprint density at radius 1 is 1.28 bits per heavy atom. The van der Waals surface area contributed by atoms with Crippen molar-refractivity contribution in [2.75, 3.05) is 26.2 Å². The molecule has 1 aliphatic heterocycles. The molecule has 100 valence electrons. The van der Waals surface area contributed by atoms with Crippen molar-refractivity contribution in [2.45, 2.75) is 25.3 Å². The third-order valence-corrected chi connectivity index (χ3v) is 3.27. The van der Waals surface area contributed by atoms with Crippen LogP contribution in [0.4, 0.5) is 8.78 Å². The van der Waals surface area contributed by atoms with Gasteiger partial charge in [-0.05, 0) is 13.8 Å². The number of nitrogens with zero attached hydrogens (tertiary/aromatic N) is 1. The Balaban J connectivity index is 2.04. The number of hydrogen-bond donors (Lipinski definition) is 1. The Hall–Kier alpha value is -1.00. The highest BCUT2D eigenvalue weighted by Crippen LogP contribution is 2.29. The Bertz CT molecular complexity index is 390. The second-order valence-corrected chi connectivity index (χ2v) is 5.59. The minimum Gasteiger partial charge on any atom is -0.309 e. The summed E-state index contributed by atoms with van der Waals surface area (Å²) < 4.78 is 28.3. The predicted molar refractivity (Wildman–Crippen MR) is 68.9 cm³/mol. The molecule has 0 unspecified atom stereocenters. The van der Waals surface area contributed by atoms with Crippen molar-refractivity contribution in [2.24, 2.45) is 0 Å². The van der Waals surface area contributed by atoms with Gasteiger partial charge in [0.15, 0.2) is 0 Å². The van der Waals surface area contributed by atoms with Crippen LogP contribution in [-0.2, 0) is 5.92 Å². The van der Waals surface area contributed by atoms with Crippen molar-refractivity contribution in [3.63, 3.8) is 0 Å². The topological polar surface area (TPSA) is 15.3 Å². The van der Waals surface area contributed by atoms with E-state index in [9.17, 15) is 8.78 Å². The van der Waals surface area contributed by atoms with Gasteiger partial charge in [-0.25, -0.2) is 0 Å². The van der Waals surface area contributed by atoms with Crippen LogP contribution in [0.1, 0.15) is 19.4 Å². The molecule has 1 aromatic carbocycles. The summed E-state index contributed by atoms with van der Waals surface area (Å²) in [6, 6.07) is 8.06. The number of rotatable bonds is 3. The SMILES string of the molecule is CC1(C)CN(CC(F)(F)c2ccccc2)CCN1. The number of piperazine rings is 1. The molecule has 0 saturated carbocycles. The molecule has 1 saturated heterocycles. The maximum absolute atomic E-state index is 14.1. The molecule has 0 aromatic heterocycles. The highest BCUT2D eigenvalue weighted by Gasteiger charge is 2.36. The van der Waals surface area contributed by atoms with Crippen LogP contribution < -0.4 is 5.32 Å². The lowest BCUT2D eigenvalue weighted by atomic mass is 10.0. The standard InChI is InChI=1S/C14H20F2N2/c1-13(2)10-18(9-8-17-13)11-14(15,16)12-6-4-3-5-7-12/h3-7,17H,8-11H2,1-2H3. The first-order valence-corrected chi connectivity index (χ1v) is 6.30. The summed E-state index contributed by atoms with van der Waals surface area (Å²) in [5.74, 6) is -2.78. The summed E-state index contributed by atoms with van der Waals surface area (Å²) in [5, 5.41) is 3.33. The minimum atomic E-state index is -2.78. The quantitative estimate of drug-likeness (QED) is 0.891. The average molecular weight is 254 g/mol. The second-order valence-electron chi connectivity index (χ2n) is 5.59. The summed E-state index contributed by atoms with van der Waals surface area (Å²) in [6.07, 6.45) is 0. The molecule has 0 aliphatic carbocycles. The van der Waals surface area contributed by atoms with Crippen LogP contribution in [0.25, 0.3) is 0 Å². The van der Waals surface area contributed by atoms with Gasteiger partial charge in [0, 0.05) is 30.7 Å². The Morgan fingerprint density at radius 2 is 1.94 bits per heavy atom. The van der Waals surface area contributed by atoms with Gasteiger partial charge in [0.2, 0.25) is 0 Å². The first-order valence-electron chi connectivity index (χ1n) is 6.30. The van der Waals surface area contributed by atoms with E-state index in [2.05, 4.69) is 5.32 Å². The van der Waals surface area contributed by atoms with Crippen LogP contribution in [0.3, 0.4) is 0 Å². The van der Waals surface area contributed by atoms with Crippen LogP contribution in [0.15, 0.2) is 30.3 Å². The molecule has 0 bridgehead atoms. The molecule has 1 aromatic rings. The Morgan fingerprint density at radius 3 is 2.56 bits per heavy atom. The molecule has 0 atom stereocenters. The fourth-order valence-electron chi connectivity index (χ4n) is 2.44. The fraction of sp³-hybridized carbons (Fsp3) is 0.571. The van der Waals surface area contributed by atoms with Crippen LogP contribution >= 0.6 is 0 Å². The molecule has 1 N–H and O–H groups in total. The number of halogens is 2. The first kappa shape index (κ1) is 13.4. The number of hydrogen-bond acceptors (Lipinski definition) is 2. The molecule has 18 heavy (non-hydrogen) atoms. The third kappa shape index (κ3) is 3.27. The highest BCUT2D eigenvalue weighted by atomic mass is 19.3. The van der Waals surface area contributed by atoms with Crippen molar-refractivity contribution >= 4 is 0 Å². The van der Waals surface area contributed by atoms with E-state index in [1.165, 1.54) is 12.1 Å². The summed E-state index contributed by atoms with van der Waals surface area (Å²) in [6.45, 7) is 5.96. The van der Waals surface area contributed by atoms with Crippen molar-refractivity contribution < 1.29 is 8.78 Å². The van der Waals surface area contributed by atoms with Crippen molar-refractivity contribution in [3.8, 4) is 0 Å². The molecule has 1 fully saturated rings. The Kier molecular flexibility index (Phi) is 3.69. The lowest BCUT2D eigenvalue weighted by Crippen LogP contribution is -2.58. The zero-order valence-corrected chi connectivity index (χ0v) is 10.9. The summed E-state index contributed by atoms with van der Waals surface area (Å²) in [4.78, 5) is 1.84. The van der Waals surface area contributed by atoms with E-state index < -0.39 is 5.92 Å². The lowest BCUT2D eigenvalue weighted by molar-refractivity contribution is -0.0473. The molecular weight excluding hydrogens is 234 g/mol. The largest absolute Gasteiger partial charge is 0.309 e. The summed E-state index contributed by atoms with van der Waals surface area (Å²) >= 11 is 0. The van der Waals surface area contributed by atoms with Gasteiger partial charge in [-0.3, -0.25) is 4.90 Å². The number of benzene rings is 1. The average Bonchev–Trinajstić information content (AvgIpc) is 2.28. The van der Waals surface area contributed by atoms with Gasteiger partial charge in [-0.2, -0.15) is 8.78 Å². The monoisotopic (exact) mass is 254 g/mol. The van der Waals surface area contributed by atoms with Crippen molar-refractivity contribution in [3.05, 3.63) is 35.9 Å². The second kappa shape index (κ2) is 4.94. The lowest BCUT2D eigenvalue weighted by Gasteiger charge is -2.40. The molecule has 2 rings (SSSR count). The van der Waals surface area contributed by atoms with Gasteiger partial charge in [0.05, 0.1) is 6.54 Å². The minimum absolute atomic E-state index is 0.0922. The fourth-order valence-corrected chi connectivity index (χ4v) is 2.44. The van der Waals surface area contributed by atoms with Crippen LogP contribution in [0.5, 0.6) is 0 Å². The predicted octanol–water partition coefficient (Wildman–Crippen LogP) is 2.46. The van der Waals surface area contributed by atoms with Gasteiger partial charge >= 0.3 is 0 Å². The van der Waals surface area contributed by atoms with E-state index in [-0.39, 0.29) is 17.6 Å². The number of nitrogens with one attached hydrogen (secondary N) is 1. The molecule has 2 nitrogen and oxygen atoms in total. The molecular formula is C14H20F2N2. The molecule has 1 aliphatic rings. The van der Waals surface area contributed by atoms with Gasteiger partial charge in [-0.15, -0.1) is 0 Å². The van der Waals surface area contributed by atoms with Crippen molar-refractivity contribution in [1.82, 2.24) is 10.2 Å². The van der Waals surface area contributed by atoms with Gasteiger partial charge < -0.3 is 5.32 Å². The smallest absolute Gasteiger partial charge is 0.285 e. The zero-order valence-electron chi connectivity index (χ0n) is 10.9. The zero-order chi connectivity index (χ0) is 13.2. The first-order chi connectivity index (χ1) is 8.39. The molecule has 0 radical (unpaired) electrons. The van der Waals surface area contributed by atoms with E-state index in [0.717, 1.165) is 6.54 Å². The summed E-state index contributed by atoms with van der Waals surface area (Å²) in [5.41, 5.74) is 0.00622. The number of alkyl halides is 2.